The molecule has 0 saturated carbocycles. The fourth-order valence-corrected chi connectivity index (χ4v) is 4.99. The van der Waals surface area contributed by atoms with Crippen LogP contribution in [0.2, 0.25) is 0 Å². The molecule has 1 aromatic carbocycles. The minimum Gasteiger partial charge on any atom is -0.350 e. The Bertz CT molecular complexity index is 930. The quantitative estimate of drug-likeness (QED) is 0.684. The maximum Gasteiger partial charge on any atom is 0.225 e. The molecule has 1 aromatic heterocycles. The van der Waals surface area contributed by atoms with Crippen molar-refractivity contribution >= 4 is 29.1 Å². The summed E-state index contributed by atoms with van der Waals surface area (Å²) >= 11 is 1.57. The zero-order valence-electron chi connectivity index (χ0n) is 17.6. The van der Waals surface area contributed by atoms with E-state index in [4.69, 9.17) is 0 Å². The van der Waals surface area contributed by atoms with Crippen molar-refractivity contribution in [1.29, 1.82) is 0 Å². The van der Waals surface area contributed by atoms with Gasteiger partial charge in [0.05, 0.1) is 18.2 Å². The highest BCUT2D eigenvalue weighted by Gasteiger charge is 2.30. The molecular weight excluding hydrogens is 412 g/mol. The molecule has 4 rings (SSSR count). The van der Waals surface area contributed by atoms with E-state index in [2.05, 4.69) is 10.3 Å². The number of rotatable bonds is 8. The third kappa shape index (κ3) is 5.50. The molecule has 1 atom stereocenters. The van der Waals surface area contributed by atoms with Crippen LogP contribution in [-0.2, 0) is 20.9 Å². The number of nitrogens with one attached hydrogen (secondary N) is 1. The number of thiazole rings is 1. The predicted octanol–water partition coefficient (Wildman–Crippen LogP) is 2.68. The minimum atomic E-state index is -0.196. The Hall–Kier alpha value is -2.74. The minimum absolute atomic E-state index is 0.0264. The van der Waals surface area contributed by atoms with Gasteiger partial charge in [0.15, 0.2) is 0 Å². The van der Waals surface area contributed by atoms with E-state index in [-0.39, 0.29) is 23.6 Å². The van der Waals surface area contributed by atoms with Gasteiger partial charge in [-0.25, -0.2) is 4.98 Å². The van der Waals surface area contributed by atoms with E-state index in [1.807, 2.05) is 40.6 Å². The van der Waals surface area contributed by atoms with E-state index >= 15 is 0 Å². The molecule has 164 valence electrons. The van der Waals surface area contributed by atoms with E-state index < -0.39 is 0 Å². The number of piperidine rings is 1. The Morgan fingerprint density at radius 3 is 2.65 bits per heavy atom. The van der Waals surface area contributed by atoms with Gasteiger partial charge in [-0.15, -0.1) is 11.3 Å². The molecule has 8 heteroatoms. The molecule has 7 nitrogen and oxygen atoms in total. The molecule has 2 fully saturated rings. The van der Waals surface area contributed by atoms with Crippen molar-refractivity contribution in [3.8, 4) is 10.6 Å². The summed E-state index contributed by atoms with van der Waals surface area (Å²) in [5, 5.41) is 5.90. The van der Waals surface area contributed by atoms with Gasteiger partial charge in [0.1, 0.15) is 5.01 Å². The lowest BCUT2D eigenvalue weighted by Crippen LogP contribution is -2.46. The molecule has 0 radical (unpaired) electrons. The van der Waals surface area contributed by atoms with Crippen molar-refractivity contribution in [2.75, 3.05) is 26.2 Å². The third-order valence-electron chi connectivity index (χ3n) is 5.91. The monoisotopic (exact) mass is 440 g/mol. The lowest BCUT2D eigenvalue weighted by molar-refractivity contribution is -0.138. The Labute approximate surface area is 186 Å². The van der Waals surface area contributed by atoms with E-state index in [0.717, 1.165) is 35.7 Å². The molecule has 2 saturated heterocycles. The van der Waals surface area contributed by atoms with Crippen LogP contribution in [0, 0.1) is 5.92 Å². The topological polar surface area (TPSA) is 82.6 Å². The maximum atomic E-state index is 12.7. The van der Waals surface area contributed by atoms with Gasteiger partial charge in [0, 0.05) is 50.0 Å². The normalized spacial score (nSPS) is 19.2. The standard InChI is InChI=1S/C23H28N4O3S/c28-20-8-4-11-26(20)12-5-13-27-15-18(9-10-21(27)29)22(30)24-14-19-16-31-23(25-19)17-6-2-1-3-7-17/h1-3,6-7,16,18H,4-5,8-15H2,(H,24,30). The number of benzene rings is 1. The van der Waals surface area contributed by atoms with Gasteiger partial charge in [-0.05, 0) is 19.3 Å². The van der Waals surface area contributed by atoms with Crippen LogP contribution in [0.3, 0.4) is 0 Å². The first kappa shape index (κ1) is 21.5. The lowest BCUT2D eigenvalue weighted by Gasteiger charge is -2.32. The summed E-state index contributed by atoms with van der Waals surface area (Å²) in [7, 11) is 0. The lowest BCUT2D eigenvalue weighted by atomic mass is 9.96. The van der Waals surface area contributed by atoms with Gasteiger partial charge in [-0.1, -0.05) is 30.3 Å². The summed E-state index contributed by atoms with van der Waals surface area (Å²) in [6, 6.07) is 9.99. The number of carbonyl (C=O) groups excluding carboxylic acids is 3. The number of hydrogen-bond donors (Lipinski definition) is 1. The zero-order valence-corrected chi connectivity index (χ0v) is 18.4. The highest BCUT2D eigenvalue weighted by atomic mass is 32.1. The molecular formula is C23H28N4O3S. The number of nitrogens with zero attached hydrogens (tertiary/aromatic N) is 3. The molecule has 31 heavy (non-hydrogen) atoms. The van der Waals surface area contributed by atoms with Crippen molar-refractivity contribution < 1.29 is 14.4 Å². The van der Waals surface area contributed by atoms with Gasteiger partial charge >= 0.3 is 0 Å². The van der Waals surface area contributed by atoms with Gasteiger partial charge in [0.25, 0.3) is 0 Å². The van der Waals surface area contributed by atoms with Crippen LogP contribution in [0.1, 0.15) is 37.8 Å². The van der Waals surface area contributed by atoms with Crippen molar-refractivity contribution in [3.63, 3.8) is 0 Å². The highest BCUT2D eigenvalue weighted by molar-refractivity contribution is 7.13. The number of amides is 3. The van der Waals surface area contributed by atoms with Crippen molar-refractivity contribution in [2.24, 2.45) is 5.92 Å². The molecule has 1 unspecified atom stereocenters. The SMILES string of the molecule is O=C(NCc1csc(-c2ccccc2)n1)C1CCC(=O)N(CCCN2CCCC2=O)C1. The average Bonchev–Trinajstić information content (AvgIpc) is 3.43. The molecule has 2 aliphatic rings. The Morgan fingerprint density at radius 2 is 1.87 bits per heavy atom. The molecule has 0 spiro atoms. The van der Waals surface area contributed by atoms with Gasteiger partial charge in [-0.3, -0.25) is 14.4 Å². The second-order valence-electron chi connectivity index (χ2n) is 8.14. The van der Waals surface area contributed by atoms with E-state index in [0.29, 0.717) is 45.4 Å². The number of aromatic nitrogens is 1. The van der Waals surface area contributed by atoms with Crippen LogP contribution in [0.15, 0.2) is 35.7 Å². The summed E-state index contributed by atoms with van der Waals surface area (Å²) < 4.78 is 0. The van der Waals surface area contributed by atoms with Crippen LogP contribution in [0.25, 0.3) is 10.6 Å². The Morgan fingerprint density at radius 1 is 1.10 bits per heavy atom. The van der Waals surface area contributed by atoms with Crippen LogP contribution in [-0.4, -0.2) is 58.7 Å². The van der Waals surface area contributed by atoms with Crippen molar-refractivity contribution in [3.05, 3.63) is 41.4 Å². The summed E-state index contributed by atoms with van der Waals surface area (Å²) in [4.78, 5) is 45.0. The summed E-state index contributed by atoms with van der Waals surface area (Å²) in [5.41, 5.74) is 1.92. The van der Waals surface area contributed by atoms with E-state index in [1.54, 1.807) is 16.2 Å². The average molecular weight is 441 g/mol. The molecule has 1 N–H and O–H groups in total. The molecule has 3 heterocycles. The van der Waals surface area contributed by atoms with Crippen molar-refractivity contribution in [1.82, 2.24) is 20.1 Å². The summed E-state index contributed by atoms with van der Waals surface area (Å²) in [6.45, 7) is 2.95. The van der Waals surface area contributed by atoms with Crippen LogP contribution < -0.4 is 5.32 Å². The fraction of sp³-hybridized carbons (Fsp3) is 0.478. The van der Waals surface area contributed by atoms with Gasteiger partial charge in [0.2, 0.25) is 17.7 Å². The number of likely N-dealkylation sites (tertiary alicyclic amines) is 2. The highest BCUT2D eigenvalue weighted by Crippen LogP contribution is 2.23. The third-order valence-corrected chi connectivity index (χ3v) is 6.85. The second kappa shape index (κ2) is 10.0. The zero-order chi connectivity index (χ0) is 21.6. The molecule has 2 aliphatic heterocycles. The summed E-state index contributed by atoms with van der Waals surface area (Å²) in [6.07, 6.45) is 3.30. The van der Waals surface area contributed by atoms with E-state index in [9.17, 15) is 14.4 Å². The first-order valence-electron chi connectivity index (χ1n) is 10.9. The molecule has 3 amide bonds. The number of hydrogen-bond acceptors (Lipinski definition) is 5. The number of carbonyl (C=O) groups is 3. The van der Waals surface area contributed by atoms with Crippen molar-refractivity contribution in [2.45, 2.75) is 38.6 Å². The molecule has 2 aromatic rings. The van der Waals surface area contributed by atoms with Gasteiger partial charge < -0.3 is 15.1 Å². The maximum absolute atomic E-state index is 12.7. The predicted molar refractivity (Wildman–Crippen MR) is 119 cm³/mol. The first-order valence-corrected chi connectivity index (χ1v) is 11.8. The van der Waals surface area contributed by atoms with Gasteiger partial charge in [-0.2, -0.15) is 0 Å². The first-order chi connectivity index (χ1) is 15.1. The Kier molecular flexibility index (Phi) is 6.96. The second-order valence-corrected chi connectivity index (χ2v) is 9.00. The summed E-state index contributed by atoms with van der Waals surface area (Å²) in [5.74, 6) is 0.0864. The van der Waals surface area contributed by atoms with Crippen LogP contribution in [0.5, 0.6) is 0 Å². The van der Waals surface area contributed by atoms with Crippen LogP contribution >= 0.6 is 11.3 Å². The fourth-order valence-electron chi connectivity index (χ4n) is 4.16. The smallest absolute Gasteiger partial charge is 0.225 e. The Balaban J connectivity index is 1.24. The van der Waals surface area contributed by atoms with E-state index in [1.165, 1.54) is 0 Å². The molecule has 0 bridgehead atoms. The molecule has 0 aliphatic carbocycles. The van der Waals surface area contributed by atoms with Crippen LogP contribution in [0.4, 0.5) is 0 Å². The largest absolute Gasteiger partial charge is 0.350 e.